The maximum absolute atomic E-state index is 10.2. The summed E-state index contributed by atoms with van der Waals surface area (Å²) in [6, 6.07) is 18.5. The number of anilines is 1. The number of methoxy groups -OCH3 is 1. The molecule has 0 atom stereocenters. The van der Waals surface area contributed by atoms with E-state index in [1.807, 2.05) is 24.3 Å². The Morgan fingerprint density at radius 2 is 1.94 bits per heavy atom. The van der Waals surface area contributed by atoms with E-state index in [1.54, 1.807) is 13.1 Å². The van der Waals surface area contributed by atoms with Crippen LogP contribution in [0.2, 0.25) is 0 Å². The van der Waals surface area contributed by atoms with Crippen molar-refractivity contribution in [3.63, 3.8) is 0 Å². The third-order valence-electron chi connectivity index (χ3n) is 5.46. The summed E-state index contributed by atoms with van der Waals surface area (Å²) in [5.41, 5.74) is 6.97. The van der Waals surface area contributed by atoms with E-state index in [0.29, 0.717) is 6.54 Å². The number of hydrogen-bond acceptors (Lipinski definition) is 7. The molecule has 31 heavy (non-hydrogen) atoms. The molecular weight excluding hydrogens is 392 g/mol. The minimum absolute atomic E-state index is 0.475. The Morgan fingerprint density at radius 3 is 2.74 bits per heavy atom. The Hall–Kier alpha value is -3.38. The molecule has 2 heterocycles. The summed E-state index contributed by atoms with van der Waals surface area (Å²) in [5, 5.41) is 1.17. The average Bonchev–Trinajstić information content (AvgIpc) is 2.82. The Morgan fingerprint density at radius 1 is 1.10 bits per heavy atom. The van der Waals surface area contributed by atoms with Crippen LogP contribution in [0.3, 0.4) is 0 Å². The van der Waals surface area contributed by atoms with E-state index < -0.39 is 0 Å². The van der Waals surface area contributed by atoms with E-state index in [2.05, 4.69) is 45.6 Å². The standard InChI is InChI=1S/C24H26N4O3/c1-30-24-9-6-19(17-25-31-15-14-29)16-23(24)28-12-10-27(11-13-28)18-21-8-7-20-4-2-3-5-22(20)26-21/h2-9,15-16,25H,10-13,17-18H2,1H3. The Kier molecular flexibility index (Phi) is 6.79. The number of para-hydroxylation sites is 1. The van der Waals surface area contributed by atoms with Gasteiger partial charge in [0, 0.05) is 38.1 Å². The van der Waals surface area contributed by atoms with Crippen molar-refractivity contribution in [3.8, 4) is 5.75 Å². The van der Waals surface area contributed by atoms with Crippen LogP contribution in [-0.2, 0) is 22.7 Å². The first-order valence-electron chi connectivity index (χ1n) is 10.3. The minimum atomic E-state index is 0.475. The van der Waals surface area contributed by atoms with Gasteiger partial charge in [-0.3, -0.25) is 9.88 Å². The normalized spacial score (nSPS) is 14.3. The molecule has 0 bridgehead atoms. The van der Waals surface area contributed by atoms with Gasteiger partial charge in [0.2, 0.25) is 0 Å². The van der Waals surface area contributed by atoms with Crippen molar-refractivity contribution in [2.45, 2.75) is 13.1 Å². The zero-order chi connectivity index (χ0) is 21.5. The average molecular weight is 418 g/mol. The molecule has 160 valence electrons. The molecule has 1 saturated heterocycles. The van der Waals surface area contributed by atoms with Crippen LogP contribution in [0.1, 0.15) is 11.3 Å². The second-order valence-corrected chi connectivity index (χ2v) is 7.44. The van der Waals surface area contributed by atoms with Gasteiger partial charge in [0.05, 0.1) is 30.6 Å². The third kappa shape index (κ3) is 5.22. The van der Waals surface area contributed by atoms with Gasteiger partial charge in [-0.05, 0) is 29.8 Å². The zero-order valence-electron chi connectivity index (χ0n) is 17.6. The molecule has 0 radical (unpaired) electrons. The highest BCUT2D eigenvalue weighted by Crippen LogP contribution is 2.30. The van der Waals surface area contributed by atoms with Gasteiger partial charge in [0.15, 0.2) is 12.2 Å². The van der Waals surface area contributed by atoms with Crippen LogP contribution in [0.15, 0.2) is 60.9 Å². The van der Waals surface area contributed by atoms with Crippen LogP contribution in [0.5, 0.6) is 5.75 Å². The number of aromatic nitrogens is 1. The monoisotopic (exact) mass is 418 g/mol. The zero-order valence-corrected chi connectivity index (χ0v) is 17.6. The molecule has 1 aromatic heterocycles. The summed E-state index contributed by atoms with van der Waals surface area (Å²) in [5.74, 6) is 2.42. The van der Waals surface area contributed by atoms with E-state index in [-0.39, 0.29) is 0 Å². The molecule has 0 spiro atoms. The van der Waals surface area contributed by atoms with Gasteiger partial charge in [0.1, 0.15) is 5.75 Å². The number of fused-ring (bicyclic) bond motifs is 1. The summed E-state index contributed by atoms with van der Waals surface area (Å²) in [6.45, 7) is 5.04. The SMILES string of the molecule is COc1ccc(CNOC=C=O)cc1N1CCN(Cc2ccc3ccccc3n2)CC1. The summed E-state index contributed by atoms with van der Waals surface area (Å²) in [4.78, 5) is 24.6. The number of hydrogen-bond donors (Lipinski definition) is 1. The third-order valence-corrected chi connectivity index (χ3v) is 5.46. The highest BCUT2D eigenvalue weighted by atomic mass is 16.6. The predicted molar refractivity (Wildman–Crippen MR) is 120 cm³/mol. The van der Waals surface area contributed by atoms with Gasteiger partial charge in [-0.1, -0.05) is 30.3 Å². The molecule has 4 rings (SSSR count). The van der Waals surface area contributed by atoms with Crippen molar-refractivity contribution < 1.29 is 14.4 Å². The van der Waals surface area contributed by atoms with Crippen LogP contribution < -0.4 is 15.1 Å². The molecule has 1 fully saturated rings. The fraction of sp³-hybridized carbons (Fsp3) is 0.292. The quantitative estimate of drug-likeness (QED) is 0.261. The molecule has 0 amide bonds. The van der Waals surface area contributed by atoms with Gasteiger partial charge >= 0.3 is 0 Å². The number of rotatable bonds is 8. The molecule has 0 saturated carbocycles. The van der Waals surface area contributed by atoms with Crippen molar-refractivity contribution in [1.82, 2.24) is 15.4 Å². The van der Waals surface area contributed by atoms with E-state index in [0.717, 1.165) is 67.2 Å². The lowest BCUT2D eigenvalue weighted by atomic mass is 10.1. The molecule has 0 aliphatic carbocycles. The molecule has 2 aromatic carbocycles. The first-order valence-corrected chi connectivity index (χ1v) is 10.3. The van der Waals surface area contributed by atoms with Gasteiger partial charge in [0.25, 0.3) is 0 Å². The summed E-state index contributed by atoms with van der Waals surface area (Å²) in [6.07, 6.45) is 0.952. The van der Waals surface area contributed by atoms with E-state index in [9.17, 15) is 4.79 Å². The van der Waals surface area contributed by atoms with Crippen LogP contribution in [0, 0.1) is 0 Å². The van der Waals surface area contributed by atoms with Gasteiger partial charge in [-0.2, -0.15) is 5.48 Å². The number of carbonyl (C=O) groups excluding carboxylic acids is 1. The molecule has 0 unspecified atom stereocenters. The molecule has 3 aromatic rings. The summed E-state index contributed by atoms with van der Waals surface area (Å²) in [7, 11) is 1.69. The molecule has 1 aliphatic rings. The number of hydroxylamine groups is 1. The van der Waals surface area contributed by atoms with Crippen molar-refractivity contribution in [3.05, 3.63) is 72.1 Å². The fourth-order valence-electron chi connectivity index (χ4n) is 3.86. The van der Waals surface area contributed by atoms with Crippen LogP contribution >= 0.6 is 0 Å². The largest absolute Gasteiger partial charge is 0.495 e. The lowest BCUT2D eigenvalue weighted by Crippen LogP contribution is -2.46. The van der Waals surface area contributed by atoms with Crippen LogP contribution in [0.4, 0.5) is 5.69 Å². The highest BCUT2D eigenvalue weighted by Gasteiger charge is 2.20. The number of pyridine rings is 1. The highest BCUT2D eigenvalue weighted by molar-refractivity contribution is 5.78. The van der Waals surface area contributed by atoms with E-state index in [1.165, 1.54) is 5.39 Å². The number of piperazine rings is 1. The maximum Gasteiger partial charge on any atom is 0.194 e. The molecular formula is C24H26N4O3. The Balaban J connectivity index is 1.38. The maximum atomic E-state index is 10.2. The number of nitrogens with zero attached hydrogens (tertiary/aromatic N) is 3. The number of ether oxygens (including phenoxy) is 1. The number of benzene rings is 2. The van der Waals surface area contributed by atoms with Crippen molar-refractivity contribution in [1.29, 1.82) is 0 Å². The van der Waals surface area contributed by atoms with Crippen molar-refractivity contribution in [2.24, 2.45) is 0 Å². The first kappa shape index (κ1) is 20.9. The Bertz CT molecular complexity index is 1070. The molecule has 7 heteroatoms. The molecule has 1 aliphatic heterocycles. The summed E-state index contributed by atoms with van der Waals surface area (Å²) >= 11 is 0. The fourth-order valence-corrected chi connectivity index (χ4v) is 3.86. The van der Waals surface area contributed by atoms with Crippen LogP contribution in [-0.4, -0.2) is 49.1 Å². The van der Waals surface area contributed by atoms with Gasteiger partial charge in [-0.15, -0.1) is 0 Å². The van der Waals surface area contributed by atoms with Gasteiger partial charge in [-0.25, -0.2) is 4.79 Å². The van der Waals surface area contributed by atoms with E-state index in [4.69, 9.17) is 14.6 Å². The van der Waals surface area contributed by atoms with Crippen molar-refractivity contribution >= 4 is 22.5 Å². The van der Waals surface area contributed by atoms with Crippen molar-refractivity contribution in [2.75, 3.05) is 38.2 Å². The lowest BCUT2D eigenvalue weighted by molar-refractivity contribution is 0.132. The predicted octanol–water partition coefficient (Wildman–Crippen LogP) is 2.93. The second kappa shape index (κ2) is 10.1. The summed E-state index contributed by atoms with van der Waals surface area (Å²) < 4.78 is 5.59. The Labute approximate surface area is 181 Å². The van der Waals surface area contributed by atoms with Crippen LogP contribution in [0.25, 0.3) is 10.9 Å². The minimum Gasteiger partial charge on any atom is -0.495 e. The van der Waals surface area contributed by atoms with E-state index >= 15 is 0 Å². The van der Waals surface area contributed by atoms with Gasteiger partial charge < -0.3 is 14.5 Å². The topological polar surface area (TPSA) is 66.9 Å². The second-order valence-electron chi connectivity index (χ2n) is 7.44. The lowest BCUT2D eigenvalue weighted by Gasteiger charge is -2.36. The molecule has 1 N–H and O–H groups in total. The first-order chi connectivity index (χ1) is 15.3. The number of nitrogens with one attached hydrogen (secondary N) is 1. The molecule has 7 nitrogen and oxygen atoms in total. The smallest absolute Gasteiger partial charge is 0.194 e.